The Morgan fingerprint density at radius 3 is 1.61 bits per heavy atom. The van der Waals surface area contributed by atoms with E-state index in [-0.39, 0.29) is 17.1 Å². The second-order valence-corrected chi connectivity index (χ2v) is 8.42. The molecule has 23 heavy (non-hydrogen) atoms. The Balaban J connectivity index is 0.00000149. The van der Waals surface area contributed by atoms with Gasteiger partial charge in [0.1, 0.15) is 5.75 Å². The molecule has 0 saturated carbocycles. The summed E-state index contributed by atoms with van der Waals surface area (Å²) in [5, 5.41) is 0. The molecule has 1 aromatic carbocycles. The number of methoxy groups -OCH3 is 1. The van der Waals surface area contributed by atoms with Gasteiger partial charge in [0.25, 0.3) is 0 Å². The van der Waals surface area contributed by atoms with E-state index in [0.29, 0.717) is 5.92 Å². The minimum Gasteiger partial charge on any atom is -0.464 e. The van der Waals surface area contributed by atoms with Gasteiger partial charge in [-0.3, -0.25) is 0 Å². The van der Waals surface area contributed by atoms with E-state index < -0.39 is 0 Å². The van der Waals surface area contributed by atoms with Crippen molar-refractivity contribution in [3.63, 3.8) is 0 Å². The van der Waals surface area contributed by atoms with Crippen LogP contribution in [-0.2, 0) is 4.74 Å². The van der Waals surface area contributed by atoms with E-state index in [1.807, 2.05) is 12.1 Å². The molecule has 0 amide bonds. The van der Waals surface area contributed by atoms with Gasteiger partial charge in [0.05, 0.1) is 0 Å². The van der Waals surface area contributed by atoms with Gasteiger partial charge in [0.15, 0.2) is 0 Å². The van der Waals surface area contributed by atoms with Gasteiger partial charge in [0, 0.05) is 12.5 Å². The van der Waals surface area contributed by atoms with Crippen LogP contribution in [0.2, 0.25) is 0 Å². The lowest BCUT2D eigenvalue weighted by atomic mass is 9.78. The van der Waals surface area contributed by atoms with Crippen molar-refractivity contribution in [1.82, 2.24) is 0 Å². The summed E-state index contributed by atoms with van der Waals surface area (Å²) in [6, 6.07) is 8.38. The molecule has 1 aromatic rings. The fourth-order valence-corrected chi connectivity index (χ4v) is 2.04. The minimum atomic E-state index is -0.242. The summed E-state index contributed by atoms with van der Waals surface area (Å²) >= 11 is 0. The van der Waals surface area contributed by atoms with Crippen LogP contribution in [0.15, 0.2) is 24.3 Å². The van der Waals surface area contributed by atoms with Gasteiger partial charge in [0.2, 0.25) is 6.29 Å². The Kier molecular flexibility index (Phi) is 8.90. The van der Waals surface area contributed by atoms with Crippen molar-refractivity contribution in [3.05, 3.63) is 29.8 Å². The van der Waals surface area contributed by atoms with E-state index in [1.165, 1.54) is 12.0 Å². The normalized spacial score (nSPS) is 14.5. The zero-order valence-corrected chi connectivity index (χ0v) is 17.0. The molecule has 0 aliphatic carbocycles. The maximum atomic E-state index is 5.93. The molecule has 0 N–H and O–H groups in total. The molecule has 1 rings (SSSR count). The first-order chi connectivity index (χ1) is 10.5. The molecule has 0 radical (unpaired) electrons. The van der Waals surface area contributed by atoms with Gasteiger partial charge < -0.3 is 9.47 Å². The Bertz CT molecular complexity index is 421. The third kappa shape index (κ3) is 7.87. The molecule has 2 nitrogen and oxygen atoms in total. The molecule has 0 bridgehead atoms. The number of rotatable bonds is 4. The van der Waals surface area contributed by atoms with Crippen LogP contribution in [-0.4, -0.2) is 13.4 Å². The van der Waals surface area contributed by atoms with Gasteiger partial charge in [-0.2, -0.15) is 0 Å². The molecule has 0 fully saturated rings. The predicted molar refractivity (Wildman–Crippen MR) is 101 cm³/mol. The summed E-state index contributed by atoms with van der Waals surface area (Å²) in [6.45, 7) is 19.6. The topological polar surface area (TPSA) is 18.5 Å². The molecular formula is C21H38O2. The molecule has 0 aliphatic rings. The molecule has 2 unspecified atom stereocenters. The van der Waals surface area contributed by atoms with Crippen LogP contribution >= 0.6 is 0 Å². The Hall–Kier alpha value is -1.02. The first-order valence-electron chi connectivity index (χ1n) is 8.76. The van der Waals surface area contributed by atoms with Crippen LogP contribution in [0, 0.1) is 10.8 Å². The average Bonchev–Trinajstić information content (AvgIpc) is 2.43. The lowest BCUT2D eigenvalue weighted by Crippen LogP contribution is -2.33. The van der Waals surface area contributed by atoms with Gasteiger partial charge in [-0.25, -0.2) is 0 Å². The van der Waals surface area contributed by atoms with Crippen molar-refractivity contribution < 1.29 is 9.47 Å². The van der Waals surface area contributed by atoms with Crippen molar-refractivity contribution in [2.75, 3.05) is 7.11 Å². The van der Waals surface area contributed by atoms with Crippen molar-refractivity contribution in [1.29, 1.82) is 0 Å². The van der Waals surface area contributed by atoms with Crippen molar-refractivity contribution in [3.8, 4) is 5.75 Å². The van der Waals surface area contributed by atoms with Crippen LogP contribution in [0.5, 0.6) is 5.75 Å². The molecule has 0 heterocycles. The molecule has 0 spiro atoms. The monoisotopic (exact) mass is 322 g/mol. The van der Waals surface area contributed by atoms with E-state index >= 15 is 0 Å². The molecule has 134 valence electrons. The zero-order valence-electron chi connectivity index (χ0n) is 17.0. The molecule has 0 saturated heterocycles. The van der Waals surface area contributed by atoms with Gasteiger partial charge >= 0.3 is 0 Å². The summed E-state index contributed by atoms with van der Waals surface area (Å²) in [5.74, 6) is 1.37. The second kappa shape index (κ2) is 9.32. The average molecular weight is 323 g/mol. The lowest BCUT2D eigenvalue weighted by Gasteiger charge is -2.30. The van der Waals surface area contributed by atoms with Crippen LogP contribution < -0.4 is 4.74 Å². The van der Waals surface area contributed by atoms with Gasteiger partial charge in [-0.05, 0) is 29.0 Å². The third-order valence-corrected chi connectivity index (χ3v) is 3.84. The SMILES string of the molecule is CCC.COC(Oc1ccc(C(C)C(C)(C)C)cc1)C(C)(C)C. The molecule has 0 aromatic heterocycles. The quantitative estimate of drug-likeness (QED) is 0.578. The third-order valence-electron chi connectivity index (χ3n) is 3.84. The van der Waals surface area contributed by atoms with Crippen LogP contribution in [0.3, 0.4) is 0 Å². The van der Waals surface area contributed by atoms with Crippen LogP contribution in [0.25, 0.3) is 0 Å². The van der Waals surface area contributed by atoms with E-state index in [1.54, 1.807) is 7.11 Å². The van der Waals surface area contributed by atoms with Gasteiger partial charge in [-0.1, -0.05) is 80.9 Å². The highest BCUT2D eigenvalue weighted by atomic mass is 16.7. The highest BCUT2D eigenvalue weighted by Crippen LogP contribution is 2.35. The Morgan fingerprint density at radius 2 is 1.30 bits per heavy atom. The summed E-state index contributed by atoms with van der Waals surface area (Å²) < 4.78 is 11.4. The molecular weight excluding hydrogens is 284 g/mol. The van der Waals surface area contributed by atoms with E-state index in [0.717, 1.165) is 5.75 Å². The molecule has 2 atom stereocenters. The summed E-state index contributed by atoms with van der Waals surface area (Å²) in [6.07, 6.45) is 1.01. The number of benzene rings is 1. The van der Waals surface area contributed by atoms with Crippen LogP contribution in [0.4, 0.5) is 0 Å². The second-order valence-electron chi connectivity index (χ2n) is 8.42. The highest BCUT2D eigenvalue weighted by Gasteiger charge is 2.26. The lowest BCUT2D eigenvalue weighted by molar-refractivity contribution is -0.120. The fraction of sp³-hybridized carbons (Fsp3) is 0.714. The predicted octanol–water partition coefficient (Wildman–Crippen LogP) is 6.65. The van der Waals surface area contributed by atoms with Crippen molar-refractivity contribution in [2.45, 2.75) is 80.9 Å². The van der Waals surface area contributed by atoms with E-state index in [4.69, 9.17) is 9.47 Å². The summed E-state index contributed by atoms with van der Waals surface area (Å²) in [7, 11) is 1.69. The Labute approximate surface area is 144 Å². The highest BCUT2D eigenvalue weighted by molar-refractivity contribution is 5.30. The molecule has 0 aliphatic heterocycles. The van der Waals surface area contributed by atoms with Crippen molar-refractivity contribution >= 4 is 0 Å². The van der Waals surface area contributed by atoms with Crippen LogP contribution in [0.1, 0.15) is 80.2 Å². The smallest absolute Gasteiger partial charge is 0.204 e. The zero-order chi connectivity index (χ0) is 18.3. The van der Waals surface area contributed by atoms with E-state index in [2.05, 4.69) is 74.4 Å². The van der Waals surface area contributed by atoms with E-state index in [9.17, 15) is 0 Å². The summed E-state index contributed by atoms with van der Waals surface area (Å²) in [5.41, 5.74) is 1.56. The standard InChI is InChI=1S/C18H30O2.C3H8/c1-13(17(2,3)4)14-9-11-15(12-10-14)20-16(19-8)18(5,6)7;1-3-2/h9-13,16H,1-8H3;3H2,1-2H3. The summed E-state index contributed by atoms with van der Waals surface area (Å²) in [4.78, 5) is 0. The minimum absolute atomic E-state index is 0.0495. The maximum Gasteiger partial charge on any atom is 0.204 e. The fourth-order valence-electron chi connectivity index (χ4n) is 2.04. The molecule has 2 heteroatoms. The number of hydrogen-bond donors (Lipinski definition) is 0. The maximum absolute atomic E-state index is 5.93. The first kappa shape index (κ1) is 22.0. The Morgan fingerprint density at radius 1 is 0.870 bits per heavy atom. The first-order valence-corrected chi connectivity index (χ1v) is 8.76. The van der Waals surface area contributed by atoms with Gasteiger partial charge in [-0.15, -0.1) is 0 Å². The largest absolute Gasteiger partial charge is 0.464 e. The van der Waals surface area contributed by atoms with Crippen molar-refractivity contribution in [2.24, 2.45) is 10.8 Å². The number of ether oxygens (including phenoxy) is 2. The number of hydrogen-bond acceptors (Lipinski definition) is 2.